The summed E-state index contributed by atoms with van der Waals surface area (Å²) < 4.78 is 0. The quantitative estimate of drug-likeness (QED) is 0.194. The highest BCUT2D eigenvalue weighted by atomic mass is 32.2. The van der Waals surface area contributed by atoms with Gasteiger partial charge in [0.15, 0.2) is 6.29 Å². The van der Waals surface area contributed by atoms with Gasteiger partial charge in [0, 0.05) is 15.4 Å². The number of rotatable bonds is 4. The van der Waals surface area contributed by atoms with Crippen molar-refractivity contribution in [3.63, 3.8) is 0 Å². The molecule has 0 saturated carbocycles. The zero-order valence-electron chi connectivity index (χ0n) is 27.0. The monoisotopic (exact) mass is 574 g/mol. The lowest BCUT2D eigenvalue weighted by molar-refractivity contribution is 0.112. The van der Waals surface area contributed by atoms with Gasteiger partial charge in [-0.1, -0.05) is 0 Å². The molecule has 0 aliphatic carbocycles. The zero-order chi connectivity index (χ0) is 30.4. The number of fused-ring (bicyclic) bond motifs is 2. The van der Waals surface area contributed by atoms with Crippen LogP contribution in [0.4, 0.5) is 0 Å². The Balaban J connectivity index is 0.000000220. The van der Waals surface area contributed by atoms with Crippen LogP contribution in [-0.4, -0.2) is 23.9 Å². The average molecular weight is 575 g/mol. The lowest BCUT2D eigenvalue weighted by atomic mass is 9.85. The highest BCUT2D eigenvalue weighted by Crippen LogP contribution is 2.41. The van der Waals surface area contributed by atoms with Crippen LogP contribution in [0.25, 0.3) is 21.5 Å². The first kappa shape index (κ1) is 32.2. The van der Waals surface area contributed by atoms with Gasteiger partial charge in [-0.05, 0) is 189 Å². The van der Waals surface area contributed by atoms with E-state index in [-0.39, 0.29) is 6.61 Å². The minimum absolute atomic E-state index is 0.115. The summed E-state index contributed by atoms with van der Waals surface area (Å²) in [4.78, 5) is 13.9. The van der Waals surface area contributed by atoms with E-state index >= 15 is 0 Å². The number of hydrogen-bond donors (Lipinski definition) is 1. The molecule has 0 aliphatic rings. The molecule has 0 unspecified atom stereocenters. The molecule has 0 amide bonds. The molecule has 0 spiro atoms. The second kappa shape index (κ2) is 12.3. The number of aliphatic hydroxyl groups is 1. The second-order valence-electron chi connectivity index (χ2n) is 11.2. The van der Waals surface area contributed by atoms with Crippen molar-refractivity contribution < 1.29 is 9.90 Å². The molecule has 1 N–H and O–H groups in total. The summed E-state index contributed by atoms with van der Waals surface area (Å²) >= 11 is 3.41. The van der Waals surface area contributed by atoms with E-state index in [1.165, 1.54) is 87.6 Å². The Morgan fingerprint density at radius 2 is 0.800 bits per heavy atom. The largest absolute Gasteiger partial charge is 0.392 e. The van der Waals surface area contributed by atoms with E-state index in [0.717, 1.165) is 27.9 Å². The number of aldehydes is 1. The Morgan fingerprint density at radius 3 is 1.12 bits per heavy atom. The molecule has 0 radical (unpaired) electrons. The van der Waals surface area contributed by atoms with Crippen LogP contribution in [0.1, 0.15) is 82.7 Å². The van der Waals surface area contributed by atoms with Gasteiger partial charge in [-0.25, -0.2) is 0 Å². The van der Waals surface area contributed by atoms with Gasteiger partial charge in [-0.2, -0.15) is 0 Å². The van der Waals surface area contributed by atoms with Crippen molar-refractivity contribution in [1.29, 1.82) is 0 Å². The normalized spacial score (nSPS) is 11.3. The summed E-state index contributed by atoms with van der Waals surface area (Å²) in [5.74, 6) is 0. The molecule has 0 bridgehead atoms. The molecule has 4 rings (SSSR count). The first-order chi connectivity index (χ1) is 18.7. The second-order valence-corrected chi connectivity index (χ2v) is 12.9. The molecule has 4 aromatic rings. The maximum absolute atomic E-state index is 11.5. The number of thioether (sulfide) groups is 2. The van der Waals surface area contributed by atoms with E-state index in [1.807, 2.05) is 6.26 Å². The number of hydrogen-bond acceptors (Lipinski definition) is 4. The smallest absolute Gasteiger partial charge is 0.151 e. The summed E-state index contributed by atoms with van der Waals surface area (Å²) in [5.41, 5.74) is 17.7. The minimum Gasteiger partial charge on any atom is -0.392 e. The Morgan fingerprint density at radius 1 is 0.475 bits per heavy atom. The van der Waals surface area contributed by atoms with E-state index in [9.17, 15) is 9.90 Å². The molecule has 0 atom stereocenters. The Labute approximate surface area is 250 Å². The maximum Gasteiger partial charge on any atom is 0.151 e. The molecular formula is C36H46O2S2. The lowest BCUT2D eigenvalue weighted by Crippen LogP contribution is -2.03. The molecule has 2 nitrogen and oxygen atoms in total. The van der Waals surface area contributed by atoms with E-state index in [4.69, 9.17) is 0 Å². The third-order valence-electron chi connectivity index (χ3n) is 9.62. The molecule has 0 heterocycles. The highest BCUT2D eigenvalue weighted by molar-refractivity contribution is 7.99. The summed E-state index contributed by atoms with van der Waals surface area (Å²) in [6.45, 7) is 26.2. The third-order valence-corrected chi connectivity index (χ3v) is 11.5. The molecular weight excluding hydrogens is 529 g/mol. The maximum atomic E-state index is 11.5. The molecule has 40 heavy (non-hydrogen) atoms. The van der Waals surface area contributed by atoms with Gasteiger partial charge < -0.3 is 5.11 Å². The summed E-state index contributed by atoms with van der Waals surface area (Å²) in [7, 11) is 0. The molecule has 0 aromatic heterocycles. The van der Waals surface area contributed by atoms with Crippen molar-refractivity contribution in [3.8, 4) is 0 Å². The predicted octanol–water partition coefficient (Wildman–Crippen LogP) is 10.1. The van der Waals surface area contributed by atoms with Crippen LogP contribution in [0, 0.1) is 83.1 Å². The molecule has 0 fully saturated rings. The van der Waals surface area contributed by atoms with E-state index < -0.39 is 0 Å². The standard InChI is InChI=1S/C18H24OS.C18H22OS/c2*1-9-10(2)12(4)17-14(6)18(20-7)15(8-19)13(5)16(17)11(9)3/h19H,8H2,1-7H3;8H,1-7H3. The van der Waals surface area contributed by atoms with Gasteiger partial charge >= 0.3 is 0 Å². The fourth-order valence-electron chi connectivity index (χ4n) is 6.65. The van der Waals surface area contributed by atoms with Gasteiger partial charge in [-0.3, -0.25) is 4.79 Å². The van der Waals surface area contributed by atoms with Crippen molar-refractivity contribution in [3.05, 3.63) is 77.9 Å². The van der Waals surface area contributed by atoms with Crippen LogP contribution in [0.2, 0.25) is 0 Å². The molecule has 4 aromatic carbocycles. The van der Waals surface area contributed by atoms with E-state index in [0.29, 0.717) is 0 Å². The number of aryl methyl sites for hydroxylation is 8. The van der Waals surface area contributed by atoms with Crippen molar-refractivity contribution >= 4 is 51.4 Å². The van der Waals surface area contributed by atoms with Crippen LogP contribution in [0.3, 0.4) is 0 Å². The number of carbonyl (C=O) groups excluding carboxylic acids is 1. The fraction of sp³-hybridized carbons (Fsp3) is 0.417. The zero-order valence-corrected chi connectivity index (χ0v) is 28.6. The highest BCUT2D eigenvalue weighted by Gasteiger charge is 2.20. The average Bonchev–Trinajstić information content (AvgIpc) is 2.93. The molecule has 0 saturated heterocycles. The lowest BCUT2D eigenvalue weighted by Gasteiger charge is -2.22. The molecule has 0 aliphatic heterocycles. The third kappa shape index (κ3) is 4.91. The fourth-order valence-corrected chi connectivity index (χ4v) is 8.35. The predicted molar refractivity (Wildman–Crippen MR) is 180 cm³/mol. The summed E-state index contributed by atoms with van der Waals surface area (Å²) in [6, 6.07) is 0. The van der Waals surface area contributed by atoms with Gasteiger partial charge in [-0.15, -0.1) is 23.5 Å². The Kier molecular flexibility index (Phi) is 9.92. The Bertz CT molecular complexity index is 1620. The summed E-state index contributed by atoms with van der Waals surface area (Å²) in [6.07, 6.45) is 5.15. The Hall–Kier alpha value is -2.27. The number of aliphatic hydroxyl groups excluding tert-OH is 1. The number of benzene rings is 4. The SMILES string of the molecule is CSc1c(C=O)c(C)c2c(C)c(C)c(C)c(C)c2c1C.CSc1c(CO)c(C)c2c(C)c(C)c(C)c(C)c2c1C. The topological polar surface area (TPSA) is 37.3 Å². The van der Waals surface area contributed by atoms with Gasteiger partial charge in [0.05, 0.1) is 6.61 Å². The van der Waals surface area contributed by atoms with Crippen LogP contribution < -0.4 is 0 Å². The molecule has 214 valence electrons. The minimum atomic E-state index is 0.115. The van der Waals surface area contributed by atoms with Gasteiger partial charge in [0.2, 0.25) is 0 Å². The first-order valence-corrected chi connectivity index (χ1v) is 16.4. The van der Waals surface area contributed by atoms with Crippen LogP contribution in [0.5, 0.6) is 0 Å². The van der Waals surface area contributed by atoms with Crippen LogP contribution >= 0.6 is 23.5 Å². The van der Waals surface area contributed by atoms with Crippen LogP contribution in [0.15, 0.2) is 9.79 Å². The molecule has 4 heteroatoms. The van der Waals surface area contributed by atoms with Gasteiger partial charge in [0.25, 0.3) is 0 Å². The van der Waals surface area contributed by atoms with E-state index in [2.05, 4.69) is 89.3 Å². The van der Waals surface area contributed by atoms with Crippen LogP contribution in [-0.2, 0) is 6.61 Å². The first-order valence-electron chi connectivity index (χ1n) is 13.9. The van der Waals surface area contributed by atoms with Crippen molar-refractivity contribution in [2.45, 2.75) is 99.5 Å². The van der Waals surface area contributed by atoms with Gasteiger partial charge in [0.1, 0.15) is 0 Å². The number of carbonyl (C=O) groups is 1. The van der Waals surface area contributed by atoms with Crippen molar-refractivity contribution in [2.24, 2.45) is 0 Å². The summed E-state index contributed by atoms with van der Waals surface area (Å²) in [5, 5.41) is 15.1. The van der Waals surface area contributed by atoms with Crippen molar-refractivity contribution in [2.75, 3.05) is 12.5 Å². The van der Waals surface area contributed by atoms with Crippen molar-refractivity contribution in [1.82, 2.24) is 0 Å². The van der Waals surface area contributed by atoms with E-state index in [1.54, 1.807) is 23.5 Å².